The normalized spacial score (nSPS) is 17.1. The molecule has 0 unspecified atom stereocenters. The molecule has 0 aromatic heterocycles. The number of hydrogen-bond acceptors (Lipinski definition) is 4. The molecule has 6 heteroatoms. The number of carbonyl (C=O) groups excluding carboxylic acids is 2. The zero-order valence-electron chi connectivity index (χ0n) is 17.3. The molecule has 1 saturated heterocycles. The second-order valence-corrected chi connectivity index (χ2v) is 7.93. The number of anilines is 1. The van der Waals surface area contributed by atoms with E-state index in [9.17, 15) is 9.59 Å². The fourth-order valence-corrected chi connectivity index (χ4v) is 4.13. The number of carbonyl (C=O) groups is 2. The van der Waals surface area contributed by atoms with Gasteiger partial charge < -0.3 is 10.1 Å². The number of nitrogens with one attached hydrogen (secondary N) is 1. The van der Waals surface area contributed by atoms with Crippen molar-refractivity contribution in [3.8, 4) is 5.75 Å². The van der Waals surface area contributed by atoms with Crippen LogP contribution in [0.4, 0.5) is 5.69 Å². The van der Waals surface area contributed by atoms with E-state index in [0.29, 0.717) is 24.6 Å². The lowest BCUT2D eigenvalue weighted by atomic mass is 10.0. The van der Waals surface area contributed by atoms with Crippen LogP contribution in [0.5, 0.6) is 5.75 Å². The summed E-state index contributed by atoms with van der Waals surface area (Å²) < 4.78 is 5.65. The topological polar surface area (TPSA) is 61.9 Å². The molecule has 0 radical (unpaired) electrons. The van der Waals surface area contributed by atoms with Crippen LogP contribution >= 0.6 is 0 Å². The van der Waals surface area contributed by atoms with Gasteiger partial charge in [0.1, 0.15) is 12.3 Å². The number of rotatable bonds is 6. The summed E-state index contributed by atoms with van der Waals surface area (Å²) in [6, 6.07) is 15.6. The van der Waals surface area contributed by atoms with Crippen LogP contribution in [0.15, 0.2) is 48.5 Å². The predicted molar refractivity (Wildman–Crippen MR) is 116 cm³/mol. The van der Waals surface area contributed by atoms with Gasteiger partial charge in [0.15, 0.2) is 0 Å². The average Bonchev–Trinajstić information content (AvgIpc) is 2.93. The van der Waals surface area contributed by atoms with Crippen LogP contribution in [0.3, 0.4) is 0 Å². The summed E-state index contributed by atoms with van der Waals surface area (Å²) in [5.74, 6) is 0.372. The third kappa shape index (κ3) is 5.00. The fraction of sp³-hybridized carbons (Fsp3) is 0.417. The quantitative estimate of drug-likeness (QED) is 0.799. The number of benzene rings is 2. The van der Waals surface area contributed by atoms with E-state index in [4.69, 9.17) is 4.74 Å². The molecule has 1 N–H and O–H groups in total. The molecule has 0 saturated carbocycles. The van der Waals surface area contributed by atoms with Gasteiger partial charge in [0.2, 0.25) is 11.8 Å². The minimum atomic E-state index is -0.173. The smallest absolute Gasteiger partial charge is 0.240 e. The standard InChI is InChI=1S/C24H29N3O3/c28-23(18-27-21-10-4-5-11-22(21)30-15-12-24(27)29)25-16-19-8-2-3-9-20(19)17-26-13-6-1-7-14-26/h2-5,8-11H,1,6-7,12-18H2,(H,25,28). The van der Waals surface area contributed by atoms with Crippen molar-refractivity contribution in [3.63, 3.8) is 0 Å². The van der Waals surface area contributed by atoms with E-state index in [1.54, 1.807) is 0 Å². The molecule has 2 aromatic rings. The second kappa shape index (κ2) is 9.76. The molecular formula is C24H29N3O3. The number of piperidine rings is 1. The Morgan fingerprint density at radius 3 is 2.53 bits per heavy atom. The molecule has 2 aliphatic rings. The molecule has 158 valence electrons. The van der Waals surface area contributed by atoms with Crippen molar-refractivity contribution in [1.29, 1.82) is 0 Å². The van der Waals surface area contributed by atoms with Crippen molar-refractivity contribution < 1.29 is 14.3 Å². The van der Waals surface area contributed by atoms with E-state index in [0.717, 1.165) is 25.2 Å². The van der Waals surface area contributed by atoms with E-state index < -0.39 is 0 Å². The molecule has 2 heterocycles. The summed E-state index contributed by atoms with van der Waals surface area (Å²) in [6.45, 7) is 3.98. The average molecular weight is 408 g/mol. The second-order valence-electron chi connectivity index (χ2n) is 7.93. The summed E-state index contributed by atoms with van der Waals surface area (Å²) in [7, 11) is 0. The highest BCUT2D eigenvalue weighted by molar-refractivity contribution is 6.00. The first kappa shape index (κ1) is 20.4. The van der Waals surface area contributed by atoms with Crippen LogP contribution in [0.2, 0.25) is 0 Å². The Labute approximate surface area is 177 Å². The lowest BCUT2D eigenvalue weighted by molar-refractivity contribution is -0.124. The Morgan fingerprint density at radius 1 is 0.967 bits per heavy atom. The van der Waals surface area contributed by atoms with Crippen LogP contribution < -0.4 is 15.0 Å². The third-order valence-electron chi connectivity index (χ3n) is 5.77. The maximum Gasteiger partial charge on any atom is 0.240 e. The van der Waals surface area contributed by atoms with E-state index in [-0.39, 0.29) is 24.8 Å². The monoisotopic (exact) mass is 407 g/mol. The zero-order chi connectivity index (χ0) is 20.8. The Balaban J connectivity index is 1.39. The van der Waals surface area contributed by atoms with Gasteiger partial charge in [-0.15, -0.1) is 0 Å². The summed E-state index contributed by atoms with van der Waals surface area (Å²) >= 11 is 0. The molecule has 30 heavy (non-hydrogen) atoms. The number of amides is 2. The minimum absolute atomic E-state index is 0.00645. The van der Waals surface area contributed by atoms with Gasteiger partial charge in [0, 0.05) is 13.1 Å². The number of para-hydroxylation sites is 2. The lowest BCUT2D eigenvalue weighted by Crippen LogP contribution is -2.40. The van der Waals surface area contributed by atoms with Crippen LogP contribution in [0, 0.1) is 0 Å². The minimum Gasteiger partial charge on any atom is -0.491 e. The van der Waals surface area contributed by atoms with E-state index in [1.165, 1.54) is 29.7 Å². The van der Waals surface area contributed by atoms with Crippen molar-refractivity contribution in [3.05, 3.63) is 59.7 Å². The summed E-state index contributed by atoms with van der Waals surface area (Å²) in [6.07, 6.45) is 4.10. The molecule has 0 aliphatic carbocycles. The van der Waals surface area contributed by atoms with Gasteiger partial charge in [0.25, 0.3) is 0 Å². The SMILES string of the molecule is O=C(CN1C(=O)CCOc2ccccc21)NCc1ccccc1CN1CCCCC1. The molecule has 2 amide bonds. The maximum atomic E-state index is 12.7. The molecule has 0 spiro atoms. The number of nitrogens with zero attached hydrogens (tertiary/aromatic N) is 2. The molecular weight excluding hydrogens is 378 g/mol. The van der Waals surface area contributed by atoms with Crippen molar-refractivity contribution in [2.24, 2.45) is 0 Å². The number of fused-ring (bicyclic) bond motifs is 1. The van der Waals surface area contributed by atoms with Crippen molar-refractivity contribution >= 4 is 17.5 Å². The molecule has 0 bridgehead atoms. The van der Waals surface area contributed by atoms with Gasteiger partial charge in [-0.1, -0.05) is 42.8 Å². The van der Waals surface area contributed by atoms with Crippen LogP contribution in [0.1, 0.15) is 36.8 Å². The Morgan fingerprint density at radius 2 is 1.70 bits per heavy atom. The van der Waals surface area contributed by atoms with Crippen molar-refractivity contribution in [2.45, 2.75) is 38.8 Å². The van der Waals surface area contributed by atoms with Gasteiger partial charge in [0.05, 0.1) is 18.7 Å². The van der Waals surface area contributed by atoms with E-state index in [2.05, 4.69) is 28.4 Å². The van der Waals surface area contributed by atoms with Crippen LogP contribution in [-0.4, -0.2) is 43.0 Å². The number of ether oxygens (including phenoxy) is 1. The fourth-order valence-electron chi connectivity index (χ4n) is 4.13. The molecule has 1 fully saturated rings. The molecule has 2 aliphatic heterocycles. The Kier molecular flexibility index (Phi) is 6.64. The first-order valence-corrected chi connectivity index (χ1v) is 10.8. The van der Waals surface area contributed by atoms with Gasteiger partial charge in [-0.25, -0.2) is 0 Å². The highest BCUT2D eigenvalue weighted by Crippen LogP contribution is 2.30. The predicted octanol–water partition coefficient (Wildman–Crippen LogP) is 3.10. The van der Waals surface area contributed by atoms with E-state index >= 15 is 0 Å². The highest BCUT2D eigenvalue weighted by Gasteiger charge is 2.25. The van der Waals surface area contributed by atoms with Crippen molar-refractivity contribution in [2.75, 3.05) is 31.1 Å². The summed E-state index contributed by atoms with van der Waals surface area (Å²) in [4.78, 5) is 29.2. The van der Waals surface area contributed by atoms with Gasteiger partial charge in [-0.3, -0.25) is 19.4 Å². The van der Waals surface area contributed by atoms with Gasteiger partial charge in [-0.05, 0) is 49.2 Å². The summed E-state index contributed by atoms with van der Waals surface area (Å²) in [5.41, 5.74) is 3.03. The third-order valence-corrected chi connectivity index (χ3v) is 5.77. The number of hydrogen-bond donors (Lipinski definition) is 1. The molecule has 0 atom stereocenters. The van der Waals surface area contributed by atoms with Crippen molar-refractivity contribution in [1.82, 2.24) is 10.2 Å². The zero-order valence-corrected chi connectivity index (χ0v) is 17.3. The maximum absolute atomic E-state index is 12.7. The first-order valence-electron chi connectivity index (χ1n) is 10.8. The molecule has 2 aromatic carbocycles. The first-order chi connectivity index (χ1) is 14.7. The number of likely N-dealkylation sites (tertiary alicyclic amines) is 1. The molecule has 4 rings (SSSR count). The van der Waals surface area contributed by atoms with E-state index in [1.807, 2.05) is 30.3 Å². The van der Waals surface area contributed by atoms with Crippen LogP contribution in [0.25, 0.3) is 0 Å². The Bertz CT molecular complexity index is 893. The molecule has 6 nitrogen and oxygen atoms in total. The van der Waals surface area contributed by atoms with Gasteiger partial charge >= 0.3 is 0 Å². The Hall–Kier alpha value is -2.86. The largest absolute Gasteiger partial charge is 0.491 e. The van der Waals surface area contributed by atoms with Crippen LogP contribution in [-0.2, 0) is 22.7 Å². The highest BCUT2D eigenvalue weighted by atomic mass is 16.5. The summed E-state index contributed by atoms with van der Waals surface area (Å²) in [5, 5.41) is 3.00. The van der Waals surface area contributed by atoms with Gasteiger partial charge in [-0.2, -0.15) is 0 Å². The lowest BCUT2D eigenvalue weighted by Gasteiger charge is -2.27.